The molecule has 166 valence electrons. The van der Waals surface area contributed by atoms with Gasteiger partial charge in [-0.1, -0.05) is 11.8 Å². The summed E-state index contributed by atoms with van der Waals surface area (Å²) in [4.78, 5) is 0. The van der Waals surface area contributed by atoms with Crippen LogP contribution in [0.1, 0.15) is 86.5 Å². The number of nitrogens with zero attached hydrogens (tertiary/aromatic N) is 2. The van der Waals surface area contributed by atoms with Crippen molar-refractivity contribution >= 4 is 0 Å². The van der Waals surface area contributed by atoms with Crippen molar-refractivity contribution in [3.8, 4) is 23.7 Å². The minimum absolute atomic E-state index is 0.954. The van der Waals surface area contributed by atoms with E-state index < -0.39 is 0 Å². The van der Waals surface area contributed by atoms with Crippen LogP contribution >= 0.6 is 0 Å². The third-order valence-corrected chi connectivity index (χ3v) is 6.86. The highest BCUT2D eigenvalue weighted by Crippen LogP contribution is 2.19. The Morgan fingerprint density at radius 3 is 1.47 bits per heavy atom. The van der Waals surface area contributed by atoms with E-state index in [-0.39, 0.29) is 0 Å². The van der Waals surface area contributed by atoms with E-state index >= 15 is 0 Å². The van der Waals surface area contributed by atoms with Gasteiger partial charge in [-0.15, -0.1) is 0 Å². The number of hydrogen-bond acceptors (Lipinski definition) is 0. The summed E-state index contributed by atoms with van der Waals surface area (Å²) in [6.07, 6.45) is 26.3. The van der Waals surface area contributed by atoms with Crippen molar-refractivity contribution in [2.24, 2.45) is 0 Å². The molecule has 0 aromatic carbocycles. The van der Waals surface area contributed by atoms with Gasteiger partial charge in [-0.2, -0.15) is 0 Å². The minimum atomic E-state index is 0.954. The summed E-state index contributed by atoms with van der Waals surface area (Å²) in [5.41, 5.74) is 6.26. The van der Waals surface area contributed by atoms with Gasteiger partial charge in [-0.3, -0.25) is 0 Å². The maximum Gasteiger partial charge on any atom is 0.172 e. The van der Waals surface area contributed by atoms with Gasteiger partial charge in [-0.05, 0) is 87.2 Å². The van der Waals surface area contributed by atoms with Gasteiger partial charge >= 0.3 is 0 Å². The van der Waals surface area contributed by atoms with Crippen LogP contribution in [0.4, 0.5) is 0 Å². The highest BCUT2D eigenvalue weighted by molar-refractivity contribution is 5.26. The lowest BCUT2D eigenvalue weighted by atomic mass is 9.93. The summed E-state index contributed by atoms with van der Waals surface area (Å²) < 4.78 is 4.72. The first-order chi connectivity index (χ1) is 15.9. The molecule has 0 atom stereocenters. The predicted octanol–water partition coefficient (Wildman–Crippen LogP) is 5.07. The molecule has 4 rings (SSSR count). The molecular weight excluding hydrogens is 388 g/mol. The molecule has 0 amide bonds. The summed E-state index contributed by atoms with van der Waals surface area (Å²) in [7, 11) is 0. The Labute approximate surface area is 195 Å². The molecule has 2 nitrogen and oxygen atoms in total. The van der Waals surface area contributed by atoms with E-state index in [1.807, 2.05) is 0 Å². The summed E-state index contributed by atoms with van der Waals surface area (Å²) in [5.74, 6) is 12.5. The monoisotopic (exact) mass is 426 g/mol. The first-order valence-electron chi connectivity index (χ1n) is 12.9. The maximum absolute atomic E-state index is 3.23. The van der Waals surface area contributed by atoms with Crippen LogP contribution in [0.5, 0.6) is 0 Å². The highest BCUT2D eigenvalue weighted by atomic mass is 14.9. The lowest BCUT2D eigenvalue weighted by molar-refractivity contribution is -0.698. The summed E-state index contributed by atoms with van der Waals surface area (Å²) in [6, 6.07) is 4.66. The largest absolute Gasteiger partial charge is 0.205 e. The third kappa shape index (κ3) is 6.97. The van der Waals surface area contributed by atoms with Gasteiger partial charge in [0.05, 0.1) is 0 Å². The highest BCUT2D eigenvalue weighted by Gasteiger charge is 2.14. The van der Waals surface area contributed by atoms with E-state index in [4.69, 9.17) is 0 Å². The van der Waals surface area contributed by atoms with Crippen molar-refractivity contribution in [3.63, 3.8) is 0 Å². The number of unbranched alkanes of at least 4 members (excludes halogenated alkanes) is 4. The quantitative estimate of drug-likeness (QED) is 0.316. The topological polar surface area (TPSA) is 7.76 Å². The predicted molar refractivity (Wildman–Crippen MR) is 130 cm³/mol. The zero-order valence-electron chi connectivity index (χ0n) is 19.7. The number of aromatic nitrogens is 2. The average molecular weight is 427 g/mol. The second-order valence-corrected chi connectivity index (χ2v) is 9.40. The molecule has 2 aliphatic carbocycles. The Kier molecular flexibility index (Phi) is 8.80. The first kappa shape index (κ1) is 22.6. The molecule has 2 aliphatic rings. The van der Waals surface area contributed by atoms with Crippen LogP contribution < -0.4 is 9.13 Å². The van der Waals surface area contributed by atoms with Crippen molar-refractivity contribution in [1.82, 2.24) is 0 Å². The molecule has 2 heterocycles. The smallest absolute Gasteiger partial charge is 0.172 e. The first-order valence-corrected chi connectivity index (χ1v) is 12.9. The molecule has 0 radical (unpaired) electrons. The Hall–Kier alpha value is -2.58. The molecule has 0 saturated heterocycles. The van der Waals surface area contributed by atoms with Crippen LogP contribution in [0.15, 0.2) is 36.9 Å². The van der Waals surface area contributed by atoms with Crippen molar-refractivity contribution in [1.29, 1.82) is 0 Å². The number of aryl methyl sites for hydroxylation is 6. The Bertz CT molecular complexity index is 929. The van der Waals surface area contributed by atoms with Gasteiger partial charge in [-0.25, -0.2) is 9.13 Å². The van der Waals surface area contributed by atoms with Crippen molar-refractivity contribution in [3.05, 3.63) is 59.2 Å². The molecule has 0 bridgehead atoms. The molecule has 0 saturated carbocycles. The fraction of sp³-hybridized carbons (Fsp3) is 0.533. The summed E-state index contributed by atoms with van der Waals surface area (Å²) in [5, 5.41) is 0. The minimum Gasteiger partial charge on any atom is -0.205 e. The van der Waals surface area contributed by atoms with Gasteiger partial charge < -0.3 is 0 Å². The summed E-state index contributed by atoms with van der Waals surface area (Å²) in [6.45, 7) is 2.20. The van der Waals surface area contributed by atoms with E-state index in [1.165, 1.54) is 64.2 Å². The van der Waals surface area contributed by atoms with Crippen LogP contribution in [0.3, 0.4) is 0 Å². The number of rotatable bonds is 8. The van der Waals surface area contributed by atoms with E-state index in [9.17, 15) is 0 Å². The molecule has 2 aromatic heterocycles. The van der Waals surface area contributed by atoms with Gasteiger partial charge in [0.2, 0.25) is 0 Å². The molecule has 0 spiro atoms. The van der Waals surface area contributed by atoms with Crippen LogP contribution in [0.25, 0.3) is 0 Å². The lowest BCUT2D eigenvalue weighted by Crippen LogP contribution is -2.34. The molecule has 0 N–H and O–H groups in total. The van der Waals surface area contributed by atoms with Crippen molar-refractivity contribution in [2.45, 2.75) is 103 Å². The van der Waals surface area contributed by atoms with E-state index in [1.54, 1.807) is 22.3 Å². The van der Waals surface area contributed by atoms with E-state index in [2.05, 4.69) is 69.7 Å². The van der Waals surface area contributed by atoms with Crippen LogP contribution in [0.2, 0.25) is 0 Å². The fourth-order valence-corrected chi connectivity index (χ4v) is 4.94. The summed E-state index contributed by atoms with van der Waals surface area (Å²) >= 11 is 0. The second kappa shape index (κ2) is 12.5. The Morgan fingerprint density at radius 1 is 0.562 bits per heavy atom. The SMILES string of the molecule is C(C#CCCCC[n+]1ccc2c(c1)CCCC2)#CCCCC[n+]1ccc2c(c1)CCCC2. The van der Waals surface area contributed by atoms with Crippen molar-refractivity contribution in [2.75, 3.05) is 0 Å². The van der Waals surface area contributed by atoms with Crippen molar-refractivity contribution < 1.29 is 9.13 Å². The molecule has 2 heteroatoms. The second-order valence-electron chi connectivity index (χ2n) is 9.40. The van der Waals surface area contributed by atoms with Crippen LogP contribution in [0, 0.1) is 23.7 Å². The standard InChI is InChI=1S/C30H38N2/c1(3-5-7-13-21-31-23-19-27-15-9-11-17-29(27)25-31)2-4-6-8-14-22-32-24-20-28-16-10-12-18-30(28)26-32/h19-20,23-26H,5-18,21-22H2/q+2. The van der Waals surface area contributed by atoms with E-state index in [0.29, 0.717) is 0 Å². The van der Waals surface area contributed by atoms with Gasteiger partial charge in [0.15, 0.2) is 24.8 Å². The van der Waals surface area contributed by atoms with Gasteiger partial charge in [0.25, 0.3) is 0 Å². The zero-order chi connectivity index (χ0) is 21.8. The van der Waals surface area contributed by atoms with Crippen LogP contribution in [-0.2, 0) is 38.8 Å². The van der Waals surface area contributed by atoms with Gasteiger partial charge in [0, 0.05) is 48.9 Å². The number of pyridine rings is 2. The molecule has 2 aromatic rings. The molecule has 32 heavy (non-hydrogen) atoms. The number of fused-ring (bicyclic) bond motifs is 2. The number of hydrogen-bond donors (Lipinski definition) is 0. The van der Waals surface area contributed by atoms with E-state index in [0.717, 1.165) is 38.8 Å². The maximum atomic E-state index is 3.23. The zero-order valence-corrected chi connectivity index (χ0v) is 19.7. The third-order valence-electron chi connectivity index (χ3n) is 6.86. The van der Waals surface area contributed by atoms with Gasteiger partial charge in [0.1, 0.15) is 13.1 Å². The molecule has 0 unspecified atom stereocenters. The lowest BCUT2D eigenvalue weighted by Gasteiger charge is -2.13. The molecule has 0 fully saturated rings. The average Bonchev–Trinajstić information content (AvgIpc) is 2.84. The normalized spacial score (nSPS) is 14.4. The molecule has 0 aliphatic heterocycles. The Morgan fingerprint density at radius 2 is 1.00 bits per heavy atom. The molecular formula is C30H38N2+2. The Balaban J connectivity index is 1.06. The van der Waals surface area contributed by atoms with Crippen LogP contribution in [-0.4, -0.2) is 0 Å². The fourth-order valence-electron chi connectivity index (χ4n) is 4.94.